The van der Waals surface area contributed by atoms with E-state index in [1.807, 2.05) is 6.07 Å². The predicted octanol–water partition coefficient (Wildman–Crippen LogP) is 1.76. The van der Waals surface area contributed by atoms with Crippen LogP contribution in [0.15, 0.2) is 11.3 Å². The largest absolute Gasteiger partial charge is 0.510 e. The minimum Gasteiger partial charge on any atom is -0.510 e. The highest BCUT2D eigenvalue weighted by Crippen LogP contribution is 2.43. The molecule has 0 saturated heterocycles. The SMILES string of the molecule is CC1=C(O)C(C)(CC#N)SC1=O. The summed E-state index contributed by atoms with van der Waals surface area (Å²) in [5, 5.41) is 17.8. The molecule has 1 atom stereocenters. The van der Waals surface area contributed by atoms with Crippen LogP contribution in [0, 0.1) is 11.3 Å². The van der Waals surface area contributed by atoms with Gasteiger partial charge in [-0.25, -0.2) is 0 Å². The molecule has 0 aliphatic carbocycles. The Hall–Kier alpha value is -0.950. The van der Waals surface area contributed by atoms with Crippen molar-refractivity contribution in [2.75, 3.05) is 0 Å². The molecule has 0 amide bonds. The van der Waals surface area contributed by atoms with Crippen molar-refractivity contribution < 1.29 is 9.90 Å². The maximum atomic E-state index is 11.1. The van der Waals surface area contributed by atoms with Gasteiger partial charge in [-0.05, 0) is 13.8 Å². The average molecular weight is 183 g/mol. The van der Waals surface area contributed by atoms with Gasteiger partial charge in [0.05, 0.1) is 17.2 Å². The van der Waals surface area contributed by atoms with Crippen molar-refractivity contribution in [3.63, 3.8) is 0 Å². The van der Waals surface area contributed by atoms with Gasteiger partial charge in [0.1, 0.15) is 5.76 Å². The first-order chi connectivity index (χ1) is 5.51. The van der Waals surface area contributed by atoms with E-state index in [1.54, 1.807) is 13.8 Å². The molecule has 0 fully saturated rings. The molecule has 0 spiro atoms. The third kappa shape index (κ3) is 1.21. The van der Waals surface area contributed by atoms with E-state index in [0.717, 1.165) is 11.8 Å². The standard InChI is InChI=1S/C8H9NO2S/c1-5-6(10)8(2,3-4-9)12-7(5)11/h10H,3H2,1-2H3. The molecule has 1 N–H and O–H groups in total. The van der Waals surface area contributed by atoms with E-state index >= 15 is 0 Å². The molecule has 1 aliphatic heterocycles. The highest BCUT2D eigenvalue weighted by molar-refractivity contribution is 8.15. The van der Waals surface area contributed by atoms with E-state index in [-0.39, 0.29) is 17.3 Å². The summed E-state index contributed by atoms with van der Waals surface area (Å²) in [4.78, 5) is 11.1. The summed E-state index contributed by atoms with van der Waals surface area (Å²) < 4.78 is -0.712. The van der Waals surface area contributed by atoms with Crippen molar-refractivity contribution in [1.82, 2.24) is 0 Å². The summed E-state index contributed by atoms with van der Waals surface area (Å²) >= 11 is 1.02. The lowest BCUT2D eigenvalue weighted by Gasteiger charge is -2.17. The highest BCUT2D eigenvalue weighted by atomic mass is 32.2. The van der Waals surface area contributed by atoms with Crippen LogP contribution in [0.1, 0.15) is 20.3 Å². The fourth-order valence-electron chi connectivity index (χ4n) is 1.09. The van der Waals surface area contributed by atoms with E-state index in [4.69, 9.17) is 5.26 Å². The Morgan fingerprint density at radius 1 is 1.75 bits per heavy atom. The molecular weight excluding hydrogens is 174 g/mol. The molecule has 12 heavy (non-hydrogen) atoms. The van der Waals surface area contributed by atoms with Gasteiger partial charge in [-0.2, -0.15) is 5.26 Å². The van der Waals surface area contributed by atoms with Crippen LogP contribution in [0.4, 0.5) is 0 Å². The monoisotopic (exact) mass is 183 g/mol. The number of thioether (sulfide) groups is 1. The van der Waals surface area contributed by atoms with Crippen molar-refractivity contribution >= 4 is 16.9 Å². The first-order valence-corrected chi connectivity index (χ1v) is 4.33. The van der Waals surface area contributed by atoms with E-state index in [9.17, 15) is 9.90 Å². The van der Waals surface area contributed by atoms with Gasteiger partial charge in [-0.1, -0.05) is 11.8 Å². The Balaban J connectivity index is 3.01. The van der Waals surface area contributed by atoms with Crippen LogP contribution in [0.3, 0.4) is 0 Å². The van der Waals surface area contributed by atoms with E-state index < -0.39 is 4.75 Å². The number of nitrogens with zero attached hydrogens (tertiary/aromatic N) is 1. The second-order valence-electron chi connectivity index (χ2n) is 2.93. The lowest BCUT2D eigenvalue weighted by molar-refractivity contribution is -0.107. The third-order valence-electron chi connectivity index (χ3n) is 1.90. The molecule has 3 nitrogen and oxygen atoms in total. The molecule has 0 aromatic heterocycles. The summed E-state index contributed by atoms with van der Waals surface area (Å²) in [6.45, 7) is 3.28. The fraction of sp³-hybridized carbons (Fsp3) is 0.500. The van der Waals surface area contributed by atoms with Crippen LogP contribution in [-0.2, 0) is 4.79 Å². The second kappa shape index (κ2) is 2.83. The van der Waals surface area contributed by atoms with Crippen LogP contribution in [0.5, 0.6) is 0 Å². The second-order valence-corrected chi connectivity index (χ2v) is 4.40. The molecular formula is C8H9NO2S. The predicted molar refractivity (Wildman–Crippen MR) is 46.6 cm³/mol. The smallest absolute Gasteiger partial charge is 0.219 e. The average Bonchev–Trinajstić information content (AvgIpc) is 2.17. The molecule has 0 radical (unpaired) electrons. The van der Waals surface area contributed by atoms with Gasteiger partial charge in [0.2, 0.25) is 5.12 Å². The van der Waals surface area contributed by atoms with Crippen molar-refractivity contribution in [3.05, 3.63) is 11.3 Å². The Kier molecular flexibility index (Phi) is 2.16. The molecule has 64 valence electrons. The van der Waals surface area contributed by atoms with E-state index in [0.29, 0.717) is 5.57 Å². The molecule has 0 saturated carbocycles. The number of aliphatic hydroxyl groups excluding tert-OH is 1. The summed E-state index contributed by atoms with van der Waals surface area (Å²) in [6.07, 6.45) is 0.159. The maximum absolute atomic E-state index is 11.1. The fourth-order valence-corrected chi connectivity index (χ4v) is 2.14. The van der Waals surface area contributed by atoms with Crippen LogP contribution in [-0.4, -0.2) is 15.0 Å². The zero-order valence-corrected chi connectivity index (χ0v) is 7.73. The molecule has 1 heterocycles. The van der Waals surface area contributed by atoms with Gasteiger partial charge < -0.3 is 5.11 Å². The number of hydrogen-bond donors (Lipinski definition) is 1. The minimum atomic E-state index is -0.712. The maximum Gasteiger partial charge on any atom is 0.219 e. The normalized spacial score (nSPS) is 29.2. The molecule has 0 bridgehead atoms. The highest BCUT2D eigenvalue weighted by Gasteiger charge is 2.41. The summed E-state index contributed by atoms with van der Waals surface area (Å²) in [6, 6.07) is 1.95. The van der Waals surface area contributed by atoms with Gasteiger partial charge in [0.15, 0.2) is 0 Å². The van der Waals surface area contributed by atoms with Gasteiger partial charge in [0, 0.05) is 5.57 Å². The number of carbonyl (C=O) groups excluding carboxylic acids is 1. The van der Waals surface area contributed by atoms with Crippen LogP contribution in [0.25, 0.3) is 0 Å². The first kappa shape index (κ1) is 9.14. The van der Waals surface area contributed by atoms with Crippen LogP contribution >= 0.6 is 11.8 Å². The number of nitriles is 1. The third-order valence-corrected chi connectivity index (χ3v) is 3.18. The Morgan fingerprint density at radius 3 is 2.67 bits per heavy atom. The Bertz CT molecular complexity index is 303. The topological polar surface area (TPSA) is 61.1 Å². The van der Waals surface area contributed by atoms with E-state index in [2.05, 4.69) is 0 Å². The van der Waals surface area contributed by atoms with Crippen molar-refractivity contribution in [1.29, 1.82) is 5.26 Å². The minimum absolute atomic E-state index is 0.0547. The van der Waals surface area contributed by atoms with Gasteiger partial charge >= 0.3 is 0 Å². The first-order valence-electron chi connectivity index (χ1n) is 3.52. The Morgan fingerprint density at radius 2 is 2.33 bits per heavy atom. The van der Waals surface area contributed by atoms with Crippen LogP contribution in [0.2, 0.25) is 0 Å². The van der Waals surface area contributed by atoms with Crippen molar-refractivity contribution in [2.45, 2.75) is 25.0 Å². The van der Waals surface area contributed by atoms with Gasteiger partial charge in [-0.15, -0.1) is 0 Å². The zero-order chi connectivity index (χ0) is 9.35. The lowest BCUT2D eigenvalue weighted by atomic mass is 10.0. The zero-order valence-electron chi connectivity index (χ0n) is 6.92. The quantitative estimate of drug-likeness (QED) is 0.673. The Labute approximate surface area is 75.1 Å². The number of aliphatic hydroxyl groups is 1. The van der Waals surface area contributed by atoms with Crippen molar-refractivity contribution in [3.8, 4) is 6.07 Å². The van der Waals surface area contributed by atoms with Crippen LogP contribution < -0.4 is 0 Å². The molecule has 1 rings (SSSR count). The number of rotatable bonds is 1. The molecule has 1 aliphatic rings. The van der Waals surface area contributed by atoms with E-state index in [1.165, 1.54) is 0 Å². The summed E-state index contributed by atoms with van der Waals surface area (Å²) in [5.74, 6) is 0.0547. The summed E-state index contributed by atoms with van der Waals surface area (Å²) in [7, 11) is 0. The molecule has 1 unspecified atom stereocenters. The van der Waals surface area contributed by atoms with Crippen molar-refractivity contribution in [2.24, 2.45) is 0 Å². The number of hydrogen-bond acceptors (Lipinski definition) is 4. The molecule has 4 heteroatoms. The van der Waals surface area contributed by atoms with Gasteiger partial charge in [-0.3, -0.25) is 4.79 Å². The van der Waals surface area contributed by atoms with Gasteiger partial charge in [0.25, 0.3) is 0 Å². The number of carbonyl (C=O) groups is 1. The lowest BCUT2D eigenvalue weighted by Crippen LogP contribution is -2.19. The molecule has 0 aromatic carbocycles. The summed E-state index contributed by atoms with van der Waals surface area (Å²) in [5.41, 5.74) is 0.373. The molecule has 0 aromatic rings.